The minimum Gasteiger partial charge on any atom is -0.289 e. The monoisotopic (exact) mass is 159 g/mol. The fourth-order valence-corrected chi connectivity index (χ4v) is 0.726. The molecule has 6 heteroatoms. The van der Waals surface area contributed by atoms with Crippen molar-refractivity contribution in [1.29, 1.82) is 0 Å². The van der Waals surface area contributed by atoms with E-state index in [2.05, 4.69) is 14.7 Å². The highest BCUT2D eigenvalue weighted by Gasteiger charge is 1.93. The van der Waals surface area contributed by atoms with Gasteiger partial charge in [0, 0.05) is 12.4 Å². The molecule has 1 heterocycles. The average Bonchev–Trinajstić information content (AvgIpc) is 1.88. The Morgan fingerprint density at radius 3 is 2.90 bits per heavy atom. The third-order valence-electron chi connectivity index (χ3n) is 0.755. The zero-order valence-electron chi connectivity index (χ0n) is 4.89. The third-order valence-corrected chi connectivity index (χ3v) is 1.14. The summed E-state index contributed by atoms with van der Waals surface area (Å²) in [7, 11) is 0. The van der Waals surface area contributed by atoms with Gasteiger partial charge in [0.05, 0.1) is 6.20 Å². The van der Waals surface area contributed by atoms with E-state index in [-0.39, 0.29) is 5.82 Å². The first-order valence-electron chi connectivity index (χ1n) is 2.42. The molecule has 5 nitrogen and oxygen atoms in total. The standard InChI is InChI=1S/C4H5N3O2S/c8-10(9)7-4-3-5-1-2-6-4/h1-3H,(H,6,7)(H,8,9). The second-order valence-corrected chi connectivity index (χ2v) is 2.14. The van der Waals surface area contributed by atoms with Gasteiger partial charge >= 0.3 is 0 Å². The molecule has 2 N–H and O–H groups in total. The molecule has 1 unspecified atom stereocenters. The summed E-state index contributed by atoms with van der Waals surface area (Å²) in [6.45, 7) is 0. The van der Waals surface area contributed by atoms with Crippen molar-refractivity contribution in [2.75, 3.05) is 4.72 Å². The summed E-state index contributed by atoms with van der Waals surface area (Å²) in [6, 6.07) is 0. The van der Waals surface area contributed by atoms with Gasteiger partial charge in [-0.05, 0) is 0 Å². The van der Waals surface area contributed by atoms with E-state index in [0.29, 0.717) is 0 Å². The van der Waals surface area contributed by atoms with Crippen LogP contribution in [0.3, 0.4) is 0 Å². The SMILES string of the molecule is O=S(O)Nc1cnccn1. The van der Waals surface area contributed by atoms with Crippen molar-refractivity contribution in [3.63, 3.8) is 0 Å². The van der Waals surface area contributed by atoms with Crippen LogP contribution in [-0.2, 0) is 11.3 Å². The normalized spacial score (nSPS) is 12.5. The summed E-state index contributed by atoms with van der Waals surface area (Å²) in [5.41, 5.74) is 0. The number of hydrogen-bond donors (Lipinski definition) is 2. The molecule has 1 atom stereocenters. The molecule has 0 fully saturated rings. The van der Waals surface area contributed by atoms with Crippen molar-refractivity contribution >= 4 is 17.1 Å². The van der Waals surface area contributed by atoms with Gasteiger partial charge in [-0.15, -0.1) is 0 Å². The Morgan fingerprint density at radius 2 is 2.40 bits per heavy atom. The molecule has 0 aromatic carbocycles. The summed E-state index contributed by atoms with van der Waals surface area (Å²) in [5, 5.41) is 0. The maximum atomic E-state index is 10.1. The molecule has 1 aromatic rings. The molecule has 0 radical (unpaired) electrons. The Morgan fingerprint density at radius 1 is 1.60 bits per heavy atom. The van der Waals surface area contributed by atoms with E-state index in [4.69, 9.17) is 4.55 Å². The van der Waals surface area contributed by atoms with Crippen molar-refractivity contribution in [1.82, 2.24) is 9.97 Å². The highest BCUT2D eigenvalue weighted by Crippen LogP contribution is 1.96. The Labute approximate surface area is 59.9 Å². The molecule has 0 saturated carbocycles. The fourth-order valence-electron chi connectivity index (χ4n) is 0.441. The van der Waals surface area contributed by atoms with E-state index in [0.717, 1.165) is 0 Å². The molecule has 0 aliphatic heterocycles. The molecule has 0 saturated heterocycles. The van der Waals surface area contributed by atoms with Crippen molar-refractivity contribution in [3.05, 3.63) is 18.6 Å². The zero-order chi connectivity index (χ0) is 7.40. The van der Waals surface area contributed by atoms with E-state index in [1.807, 2.05) is 0 Å². The van der Waals surface area contributed by atoms with Crippen LogP contribution >= 0.6 is 0 Å². The topological polar surface area (TPSA) is 75.1 Å². The van der Waals surface area contributed by atoms with E-state index in [1.165, 1.54) is 18.6 Å². The van der Waals surface area contributed by atoms with Gasteiger partial charge in [0.1, 0.15) is 0 Å². The van der Waals surface area contributed by atoms with E-state index >= 15 is 0 Å². The van der Waals surface area contributed by atoms with Gasteiger partial charge in [-0.2, -0.15) is 0 Å². The van der Waals surface area contributed by atoms with E-state index in [9.17, 15) is 4.21 Å². The first-order chi connectivity index (χ1) is 4.79. The summed E-state index contributed by atoms with van der Waals surface area (Å²) >= 11 is -2.07. The Hall–Kier alpha value is -1.01. The lowest BCUT2D eigenvalue weighted by Crippen LogP contribution is -2.03. The quantitative estimate of drug-likeness (QED) is 0.597. The van der Waals surface area contributed by atoms with Gasteiger partial charge in [-0.1, -0.05) is 0 Å². The van der Waals surface area contributed by atoms with Gasteiger partial charge in [0.25, 0.3) is 11.3 Å². The van der Waals surface area contributed by atoms with Crippen LogP contribution in [-0.4, -0.2) is 18.7 Å². The second kappa shape index (κ2) is 3.23. The Bertz CT molecular complexity index is 227. The summed E-state index contributed by atoms with van der Waals surface area (Å²) in [5.74, 6) is 0.281. The van der Waals surface area contributed by atoms with Gasteiger partial charge in [0.2, 0.25) is 0 Å². The predicted octanol–water partition coefficient (Wildman–Crippen LogP) is 0.0252. The largest absolute Gasteiger partial charge is 0.289 e. The Balaban J connectivity index is 2.67. The van der Waals surface area contributed by atoms with Crippen molar-refractivity contribution in [2.24, 2.45) is 0 Å². The van der Waals surface area contributed by atoms with Crippen LogP contribution in [0.4, 0.5) is 5.82 Å². The van der Waals surface area contributed by atoms with Crippen LogP contribution < -0.4 is 4.72 Å². The number of anilines is 1. The minimum absolute atomic E-state index is 0.281. The molecule has 0 aliphatic carbocycles. The molecule has 1 aromatic heterocycles. The third kappa shape index (κ3) is 2.08. The molecule has 0 spiro atoms. The molecular formula is C4H5N3O2S. The molecule has 1 rings (SSSR count). The van der Waals surface area contributed by atoms with Crippen LogP contribution in [0.1, 0.15) is 0 Å². The average molecular weight is 159 g/mol. The zero-order valence-corrected chi connectivity index (χ0v) is 5.71. The summed E-state index contributed by atoms with van der Waals surface area (Å²) in [4.78, 5) is 7.36. The van der Waals surface area contributed by atoms with Crippen LogP contribution in [0.15, 0.2) is 18.6 Å². The number of nitrogens with one attached hydrogen (secondary N) is 1. The lowest BCUT2D eigenvalue weighted by atomic mass is 10.7. The minimum atomic E-state index is -2.07. The Kier molecular flexibility index (Phi) is 2.30. The first-order valence-corrected chi connectivity index (χ1v) is 3.53. The molecule has 0 amide bonds. The summed E-state index contributed by atoms with van der Waals surface area (Å²) < 4.78 is 20.6. The van der Waals surface area contributed by atoms with Crippen molar-refractivity contribution in [3.8, 4) is 0 Å². The van der Waals surface area contributed by atoms with Crippen molar-refractivity contribution < 1.29 is 8.76 Å². The number of aromatic nitrogens is 2. The number of rotatable bonds is 2. The van der Waals surface area contributed by atoms with E-state index in [1.54, 1.807) is 0 Å². The lowest BCUT2D eigenvalue weighted by molar-refractivity contribution is 0.570. The highest BCUT2D eigenvalue weighted by atomic mass is 32.2. The molecule has 0 aliphatic rings. The van der Waals surface area contributed by atoms with Crippen LogP contribution in [0.25, 0.3) is 0 Å². The van der Waals surface area contributed by atoms with Gasteiger partial charge < -0.3 is 0 Å². The molecule has 54 valence electrons. The van der Waals surface area contributed by atoms with Crippen LogP contribution in [0, 0.1) is 0 Å². The second-order valence-electron chi connectivity index (χ2n) is 1.44. The summed E-state index contributed by atoms with van der Waals surface area (Å²) in [6.07, 6.45) is 4.26. The molecule has 10 heavy (non-hydrogen) atoms. The smallest absolute Gasteiger partial charge is 0.260 e. The van der Waals surface area contributed by atoms with E-state index < -0.39 is 11.3 Å². The molecular weight excluding hydrogens is 154 g/mol. The maximum absolute atomic E-state index is 10.1. The first kappa shape index (κ1) is 7.10. The van der Waals surface area contributed by atoms with Crippen LogP contribution in [0.5, 0.6) is 0 Å². The number of hydrogen-bond acceptors (Lipinski definition) is 3. The number of nitrogens with zero attached hydrogens (tertiary/aromatic N) is 2. The molecule has 0 bridgehead atoms. The van der Waals surface area contributed by atoms with Crippen molar-refractivity contribution in [2.45, 2.75) is 0 Å². The predicted molar refractivity (Wildman–Crippen MR) is 36.4 cm³/mol. The van der Waals surface area contributed by atoms with Gasteiger partial charge in [0.15, 0.2) is 5.82 Å². The van der Waals surface area contributed by atoms with Gasteiger partial charge in [-0.3, -0.25) is 14.3 Å². The fraction of sp³-hybridized carbons (Fsp3) is 0. The maximum Gasteiger partial charge on any atom is 0.260 e. The highest BCUT2D eigenvalue weighted by molar-refractivity contribution is 7.80. The van der Waals surface area contributed by atoms with Gasteiger partial charge in [-0.25, -0.2) is 9.19 Å². The van der Waals surface area contributed by atoms with Crippen LogP contribution in [0.2, 0.25) is 0 Å². The lowest BCUT2D eigenvalue weighted by Gasteiger charge is -1.95.